The van der Waals surface area contributed by atoms with Crippen LogP contribution in [0.4, 0.5) is 17.1 Å². The topological polar surface area (TPSA) is 126 Å². The van der Waals surface area contributed by atoms with Crippen molar-refractivity contribution in [1.82, 2.24) is 0 Å². The van der Waals surface area contributed by atoms with Gasteiger partial charge in [0.25, 0.3) is 0 Å². The summed E-state index contributed by atoms with van der Waals surface area (Å²) in [6.45, 7) is 1.36. The number of hydrogen-bond acceptors (Lipinski definition) is 7. The third kappa shape index (κ3) is 2.74. The quantitative estimate of drug-likeness (QED) is 0.649. The minimum absolute atomic E-state index is 0.0784. The molecule has 0 heterocycles. The molecular formula is C11H5N3O5. The standard InChI is InChI=1S/C11H5N3O5/c1-6-7(11(18)19)2-8(12-3-15)10(14-5-17)9(6)13-4-16/h2H,1H3,(H,18,19). The zero-order valence-electron chi connectivity index (χ0n) is 9.50. The van der Waals surface area contributed by atoms with Crippen molar-refractivity contribution in [1.29, 1.82) is 0 Å². The van der Waals surface area contributed by atoms with E-state index in [1.54, 1.807) is 0 Å². The highest BCUT2D eigenvalue weighted by Crippen LogP contribution is 2.41. The number of rotatable bonds is 4. The van der Waals surface area contributed by atoms with Crippen LogP contribution in [0.15, 0.2) is 21.0 Å². The molecule has 0 spiro atoms. The molecular weight excluding hydrogens is 254 g/mol. The fourth-order valence-electron chi connectivity index (χ4n) is 1.43. The van der Waals surface area contributed by atoms with Gasteiger partial charge in [0.15, 0.2) is 0 Å². The number of carboxylic acids is 1. The van der Waals surface area contributed by atoms with Gasteiger partial charge in [0.2, 0.25) is 18.2 Å². The van der Waals surface area contributed by atoms with Gasteiger partial charge in [-0.2, -0.15) is 15.0 Å². The Balaban J connectivity index is 3.92. The second kappa shape index (κ2) is 5.95. The second-order valence-electron chi connectivity index (χ2n) is 3.18. The van der Waals surface area contributed by atoms with Gasteiger partial charge in [-0.05, 0) is 18.6 Å². The number of nitrogens with zero attached hydrogens (tertiary/aromatic N) is 3. The van der Waals surface area contributed by atoms with E-state index in [0.717, 1.165) is 6.07 Å². The molecule has 0 radical (unpaired) electrons. The maximum absolute atomic E-state index is 11.0. The zero-order valence-corrected chi connectivity index (χ0v) is 9.50. The van der Waals surface area contributed by atoms with E-state index in [4.69, 9.17) is 5.11 Å². The van der Waals surface area contributed by atoms with Crippen LogP contribution in [0.25, 0.3) is 0 Å². The minimum atomic E-state index is -1.32. The van der Waals surface area contributed by atoms with E-state index in [1.807, 2.05) is 0 Å². The van der Waals surface area contributed by atoms with Crippen LogP contribution in [0.5, 0.6) is 0 Å². The third-order valence-electron chi connectivity index (χ3n) is 2.22. The summed E-state index contributed by atoms with van der Waals surface area (Å²) in [6.07, 6.45) is 3.61. The normalized spacial score (nSPS) is 8.68. The van der Waals surface area contributed by atoms with Gasteiger partial charge in [0.05, 0.1) is 5.56 Å². The molecule has 0 atom stereocenters. The van der Waals surface area contributed by atoms with E-state index in [2.05, 4.69) is 15.0 Å². The molecule has 1 aromatic rings. The molecule has 1 N–H and O–H groups in total. The summed E-state index contributed by atoms with van der Waals surface area (Å²) in [7, 11) is 0. The lowest BCUT2D eigenvalue weighted by atomic mass is 10.0. The number of aliphatic imine (C=N–C) groups is 3. The van der Waals surface area contributed by atoms with Crippen molar-refractivity contribution in [3.05, 3.63) is 17.2 Å². The van der Waals surface area contributed by atoms with Crippen LogP contribution < -0.4 is 0 Å². The lowest BCUT2D eigenvalue weighted by molar-refractivity contribution is 0.0696. The average Bonchev–Trinajstić information content (AvgIpc) is 2.36. The van der Waals surface area contributed by atoms with Crippen LogP contribution in [0.1, 0.15) is 15.9 Å². The molecule has 0 saturated heterocycles. The summed E-state index contributed by atoms with van der Waals surface area (Å²) in [4.78, 5) is 51.7. The van der Waals surface area contributed by atoms with Gasteiger partial charge in [-0.25, -0.2) is 19.2 Å². The zero-order chi connectivity index (χ0) is 14.4. The molecule has 0 bridgehead atoms. The Bertz CT molecular complexity index is 691. The number of carbonyl (C=O) groups excluding carboxylic acids is 3. The lowest BCUT2D eigenvalue weighted by Crippen LogP contribution is -1.99. The molecule has 19 heavy (non-hydrogen) atoms. The summed E-state index contributed by atoms with van der Waals surface area (Å²) in [5.74, 6) is -1.32. The van der Waals surface area contributed by atoms with Gasteiger partial charge in [0, 0.05) is 0 Å². The smallest absolute Gasteiger partial charge is 0.336 e. The van der Waals surface area contributed by atoms with Crippen molar-refractivity contribution < 1.29 is 24.3 Å². The van der Waals surface area contributed by atoms with E-state index in [0.29, 0.717) is 0 Å². The minimum Gasteiger partial charge on any atom is -0.478 e. The van der Waals surface area contributed by atoms with E-state index in [-0.39, 0.29) is 28.2 Å². The summed E-state index contributed by atoms with van der Waals surface area (Å²) in [5, 5.41) is 8.98. The van der Waals surface area contributed by atoms with Crippen LogP contribution in [0, 0.1) is 6.92 Å². The number of aromatic carboxylic acids is 1. The first-order valence-electron chi connectivity index (χ1n) is 4.71. The van der Waals surface area contributed by atoms with Crippen LogP contribution in [0.3, 0.4) is 0 Å². The fraction of sp³-hybridized carbons (Fsp3) is 0.0909. The molecule has 0 unspecified atom stereocenters. The van der Waals surface area contributed by atoms with E-state index < -0.39 is 5.97 Å². The second-order valence-corrected chi connectivity index (χ2v) is 3.18. The van der Waals surface area contributed by atoms with Crippen molar-refractivity contribution >= 4 is 41.3 Å². The number of carbonyl (C=O) groups is 1. The summed E-state index contributed by atoms with van der Waals surface area (Å²) in [5.41, 5.74) is -0.880. The number of carboxylic acid groups (broad SMARTS) is 1. The number of hydrogen-bond donors (Lipinski definition) is 1. The Kier molecular flexibility index (Phi) is 4.35. The Morgan fingerprint density at radius 2 is 1.58 bits per heavy atom. The molecule has 0 fully saturated rings. The van der Waals surface area contributed by atoms with Crippen LogP contribution in [-0.2, 0) is 14.4 Å². The molecule has 0 aromatic heterocycles. The highest BCUT2D eigenvalue weighted by atomic mass is 16.4. The van der Waals surface area contributed by atoms with Gasteiger partial charge >= 0.3 is 5.97 Å². The molecule has 0 amide bonds. The maximum Gasteiger partial charge on any atom is 0.336 e. The molecule has 1 aromatic carbocycles. The predicted octanol–water partition coefficient (Wildman–Crippen LogP) is 1.60. The highest BCUT2D eigenvalue weighted by molar-refractivity contribution is 5.97. The highest BCUT2D eigenvalue weighted by Gasteiger charge is 2.19. The average molecular weight is 259 g/mol. The SMILES string of the molecule is Cc1c(C(=O)O)cc(N=C=O)c(N=C=O)c1N=C=O. The van der Waals surface area contributed by atoms with Crippen molar-refractivity contribution in [3.63, 3.8) is 0 Å². The summed E-state index contributed by atoms with van der Waals surface area (Å²) >= 11 is 0. The van der Waals surface area contributed by atoms with Gasteiger partial charge in [-0.15, -0.1) is 0 Å². The third-order valence-corrected chi connectivity index (χ3v) is 2.22. The Labute approximate surface area is 105 Å². The van der Waals surface area contributed by atoms with Gasteiger partial charge < -0.3 is 5.11 Å². The summed E-state index contributed by atoms with van der Waals surface area (Å²) in [6, 6.07) is 1.02. The van der Waals surface area contributed by atoms with Crippen molar-refractivity contribution in [2.24, 2.45) is 15.0 Å². The molecule has 8 heteroatoms. The largest absolute Gasteiger partial charge is 0.478 e. The molecule has 0 saturated carbocycles. The van der Waals surface area contributed by atoms with E-state index in [1.165, 1.54) is 25.2 Å². The predicted molar refractivity (Wildman–Crippen MR) is 61.5 cm³/mol. The lowest BCUT2D eigenvalue weighted by Gasteiger charge is -2.08. The van der Waals surface area contributed by atoms with Crippen LogP contribution in [0.2, 0.25) is 0 Å². The molecule has 1 rings (SSSR count). The Hall–Kier alpha value is -3.17. The van der Waals surface area contributed by atoms with Gasteiger partial charge in [-0.1, -0.05) is 0 Å². The van der Waals surface area contributed by atoms with E-state index >= 15 is 0 Å². The maximum atomic E-state index is 11.0. The molecule has 94 valence electrons. The molecule has 8 nitrogen and oxygen atoms in total. The Morgan fingerprint density at radius 3 is 2.05 bits per heavy atom. The monoisotopic (exact) mass is 259 g/mol. The molecule has 0 aliphatic rings. The van der Waals surface area contributed by atoms with Crippen molar-refractivity contribution in [2.45, 2.75) is 6.92 Å². The van der Waals surface area contributed by atoms with Crippen LogP contribution in [-0.4, -0.2) is 29.3 Å². The first kappa shape index (κ1) is 13.9. The van der Waals surface area contributed by atoms with Crippen molar-refractivity contribution in [2.75, 3.05) is 0 Å². The van der Waals surface area contributed by atoms with Gasteiger partial charge in [-0.3, -0.25) is 0 Å². The number of isocyanates is 3. The summed E-state index contributed by atoms with van der Waals surface area (Å²) < 4.78 is 0. The number of benzene rings is 1. The fourth-order valence-corrected chi connectivity index (χ4v) is 1.43. The first-order valence-corrected chi connectivity index (χ1v) is 4.71. The van der Waals surface area contributed by atoms with Crippen molar-refractivity contribution in [3.8, 4) is 0 Å². The molecule has 0 aliphatic carbocycles. The Morgan fingerprint density at radius 1 is 1.05 bits per heavy atom. The van der Waals surface area contributed by atoms with Gasteiger partial charge in [0.1, 0.15) is 17.1 Å². The molecule has 0 aliphatic heterocycles. The first-order chi connectivity index (χ1) is 9.06. The van der Waals surface area contributed by atoms with Crippen LogP contribution >= 0.6 is 0 Å². The van der Waals surface area contributed by atoms with E-state index in [9.17, 15) is 19.2 Å².